The van der Waals surface area contributed by atoms with E-state index < -0.39 is 18.1 Å². The van der Waals surface area contributed by atoms with Gasteiger partial charge in [0.05, 0.1) is 6.54 Å². The van der Waals surface area contributed by atoms with Gasteiger partial charge in [-0.05, 0) is 12.5 Å². The average Bonchev–Trinajstić information content (AvgIpc) is 2.48. The summed E-state index contributed by atoms with van der Waals surface area (Å²) in [5.74, 6) is -1.50. The van der Waals surface area contributed by atoms with Crippen molar-refractivity contribution in [2.45, 2.75) is 25.5 Å². The molecule has 112 valence electrons. The Morgan fingerprint density at radius 2 is 1.80 bits per heavy atom. The fourth-order valence-electron chi connectivity index (χ4n) is 2.08. The number of carbonyl (C=O) groups is 1. The molecule has 1 aromatic carbocycles. The summed E-state index contributed by atoms with van der Waals surface area (Å²) in [5, 5.41) is 9.49. The normalized spacial score (nSPS) is 13.0. The van der Waals surface area contributed by atoms with Crippen molar-refractivity contribution in [1.82, 2.24) is 4.90 Å². The van der Waals surface area contributed by atoms with Gasteiger partial charge in [0, 0.05) is 21.3 Å². The molecule has 1 atom stereocenters. The maximum absolute atomic E-state index is 11.6. The van der Waals surface area contributed by atoms with Crippen LogP contribution in [0.25, 0.3) is 0 Å². The number of rotatable bonds is 7. The summed E-state index contributed by atoms with van der Waals surface area (Å²) in [6, 6.07) is 9.23. The van der Waals surface area contributed by atoms with Gasteiger partial charge in [-0.1, -0.05) is 30.3 Å². The maximum Gasteiger partial charge on any atom is 0.411 e. The van der Waals surface area contributed by atoms with Crippen LogP contribution < -0.4 is 0 Å². The molecule has 0 fully saturated rings. The van der Waals surface area contributed by atoms with E-state index in [4.69, 9.17) is 14.2 Å². The Balaban J connectivity index is 3.12. The summed E-state index contributed by atoms with van der Waals surface area (Å²) < 4.78 is 15.9. The lowest BCUT2D eigenvalue weighted by atomic mass is 10.2. The number of hydrogen-bond donors (Lipinski definition) is 1. The average molecular weight is 283 g/mol. The minimum atomic E-state index is -1.50. The molecule has 6 nitrogen and oxygen atoms in total. The fourth-order valence-corrected chi connectivity index (χ4v) is 2.08. The van der Waals surface area contributed by atoms with Gasteiger partial charge >= 0.3 is 6.09 Å². The van der Waals surface area contributed by atoms with Crippen LogP contribution in [0.3, 0.4) is 0 Å². The quantitative estimate of drug-likeness (QED) is 0.777. The molecular formula is C14H21NO5. The van der Waals surface area contributed by atoms with Gasteiger partial charge in [-0.15, -0.1) is 0 Å². The van der Waals surface area contributed by atoms with Gasteiger partial charge in [-0.2, -0.15) is 0 Å². The van der Waals surface area contributed by atoms with Crippen molar-refractivity contribution in [2.24, 2.45) is 0 Å². The molecule has 1 N–H and O–H groups in total. The van der Waals surface area contributed by atoms with E-state index >= 15 is 0 Å². The van der Waals surface area contributed by atoms with Gasteiger partial charge in [0.1, 0.15) is 6.10 Å². The Morgan fingerprint density at radius 3 is 2.20 bits per heavy atom. The highest BCUT2D eigenvalue weighted by atomic mass is 16.7. The summed E-state index contributed by atoms with van der Waals surface area (Å²) >= 11 is 0. The van der Waals surface area contributed by atoms with Crippen LogP contribution in [0.5, 0.6) is 0 Å². The van der Waals surface area contributed by atoms with Gasteiger partial charge in [0.25, 0.3) is 5.91 Å². The van der Waals surface area contributed by atoms with Crippen molar-refractivity contribution in [3.8, 4) is 0 Å². The Labute approximate surface area is 118 Å². The van der Waals surface area contributed by atoms with E-state index in [1.807, 2.05) is 30.3 Å². The molecule has 0 radical (unpaired) electrons. The molecule has 0 aliphatic heterocycles. The summed E-state index contributed by atoms with van der Waals surface area (Å²) in [7, 11) is 4.25. The van der Waals surface area contributed by atoms with Crippen molar-refractivity contribution in [3.05, 3.63) is 35.9 Å². The predicted octanol–water partition coefficient (Wildman–Crippen LogP) is 2.15. The number of hydrogen-bond acceptors (Lipinski definition) is 4. The smallest absolute Gasteiger partial charge is 0.411 e. The van der Waals surface area contributed by atoms with E-state index in [2.05, 4.69) is 0 Å². The summed E-state index contributed by atoms with van der Waals surface area (Å²) in [5.41, 5.74) is 0.830. The number of nitrogens with zero attached hydrogens (tertiary/aromatic N) is 1. The van der Waals surface area contributed by atoms with Crippen LogP contribution in [-0.4, -0.2) is 49.4 Å². The largest absolute Gasteiger partial charge is 0.465 e. The lowest BCUT2D eigenvalue weighted by molar-refractivity contribution is -0.327. The maximum atomic E-state index is 11.6. The van der Waals surface area contributed by atoms with E-state index in [0.29, 0.717) is 0 Å². The standard InChI is InChI=1S/C14H21NO5/c1-11(18-2)14(19-3,20-4)15(13(16)17)10-12-8-6-5-7-9-12/h5-9,11H,10H2,1-4H3,(H,16,17). The van der Waals surface area contributed by atoms with Crippen molar-refractivity contribution >= 4 is 6.09 Å². The third-order valence-corrected chi connectivity index (χ3v) is 3.24. The molecule has 0 heterocycles. The molecule has 0 bridgehead atoms. The predicted molar refractivity (Wildman–Crippen MR) is 73.2 cm³/mol. The van der Waals surface area contributed by atoms with Crippen molar-refractivity contribution in [3.63, 3.8) is 0 Å². The fraction of sp³-hybridized carbons (Fsp3) is 0.500. The molecule has 0 saturated heterocycles. The van der Waals surface area contributed by atoms with E-state index in [9.17, 15) is 9.90 Å². The third-order valence-electron chi connectivity index (χ3n) is 3.24. The Hall–Kier alpha value is -1.63. The first kappa shape index (κ1) is 16.4. The second-order valence-electron chi connectivity index (χ2n) is 4.27. The molecule has 1 aromatic rings. The zero-order valence-electron chi connectivity index (χ0n) is 12.2. The Kier molecular flexibility index (Phi) is 5.94. The van der Waals surface area contributed by atoms with Gasteiger partial charge in [0.2, 0.25) is 0 Å². The molecule has 1 unspecified atom stereocenters. The van der Waals surface area contributed by atoms with Crippen molar-refractivity contribution < 1.29 is 24.1 Å². The molecular weight excluding hydrogens is 262 g/mol. The van der Waals surface area contributed by atoms with E-state index in [1.54, 1.807) is 6.92 Å². The van der Waals surface area contributed by atoms with Crippen molar-refractivity contribution in [1.29, 1.82) is 0 Å². The molecule has 0 aromatic heterocycles. The second kappa shape index (κ2) is 7.23. The Morgan fingerprint density at radius 1 is 1.25 bits per heavy atom. The second-order valence-corrected chi connectivity index (χ2v) is 4.27. The molecule has 20 heavy (non-hydrogen) atoms. The van der Waals surface area contributed by atoms with E-state index in [0.717, 1.165) is 10.5 Å². The zero-order valence-corrected chi connectivity index (χ0v) is 12.2. The van der Waals surface area contributed by atoms with Crippen LogP contribution in [0, 0.1) is 0 Å². The SMILES string of the molecule is COC(C)C(OC)(OC)N(Cc1ccccc1)C(=O)O. The highest BCUT2D eigenvalue weighted by molar-refractivity contribution is 5.65. The van der Waals surface area contributed by atoms with Gasteiger partial charge in [-0.25, -0.2) is 9.69 Å². The minimum Gasteiger partial charge on any atom is -0.465 e. The van der Waals surface area contributed by atoms with Crippen LogP contribution in [0.1, 0.15) is 12.5 Å². The molecule has 6 heteroatoms. The summed E-state index contributed by atoms with van der Waals surface area (Å²) in [6.07, 6.45) is -1.75. The van der Waals surface area contributed by atoms with Crippen molar-refractivity contribution in [2.75, 3.05) is 21.3 Å². The number of carboxylic acid groups (broad SMARTS) is 1. The lowest BCUT2D eigenvalue weighted by Crippen LogP contribution is -2.60. The highest BCUT2D eigenvalue weighted by Gasteiger charge is 2.46. The van der Waals surface area contributed by atoms with Gasteiger partial charge in [-0.3, -0.25) is 0 Å². The van der Waals surface area contributed by atoms with E-state index in [-0.39, 0.29) is 6.54 Å². The van der Waals surface area contributed by atoms with Crippen LogP contribution in [0.2, 0.25) is 0 Å². The number of benzene rings is 1. The summed E-state index contributed by atoms with van der Waals surface area (Å²) in [6.45, 7) is 1.82. The monoisotopic (exact) mass is 283 g/mol. The van der Waals surface area contributed by atoms with Crippen LogP contribution in [0.15, 0.2) is 30.3 Å². The number of amides is 1. The van der Waals surface area contributed by atoms with E-state index in [1.165, 1.54) is 21.3 Å². The molecule has 0 aliphatic carbocycles. The third kappa shape index (κ3) is 3.27. The summed E-state index contributed by atoms with van der Waals surface area (Å²) in [4.78, 5) is 12.7. The van der Waals surface area contributed by atoms with Gasteiger partial charge < -0.3 is 19.3 Å². The lowest BCUT2D eigenvalue weighted by Gasteiger charge is -2.42. The van der Waals surface area contributed by atoms with Gasteiger partial charge in [0.15, 0.2) is 0 Å². The first-order valence-electron chi connectivity index (χ1n) is 6.19. The van der Waals surface area contributed by atoms with Crippen LogP contribution in [0.4, 0.5) is 4.79 Å². The highest BCUT2D eigenvalue weighted by Crippen LogP contribution is 2.26. The topological polar surface area (TPSA) is 68.2 Å². The Bertz CT molecular complexity index is 419. The molecule has 1 amide bonds. The minimum absolute atomic E-state index is 0.131. The molecule has 1 rings (SSSR count). The zero-order chi connectivity index (χ0) is 15.2. The number of methoxy groups -OCH3 is 3. The molecule has 0 spiro atoms. The first-order valence-corrected chi connectivity index (χ1v) is 6.19. The van der Waals surface area contributed by atoms with Crippen LogP contribution in [-0.2, 0) is 20.8 Å². The number of ether oxygens (including phenoxy) is 3. The molecule has 0 saturated carbocycles. The molecule has 0 aliphatic rings. The first-order chi connectivity index (χ1) is 9.51. The van der Waals surface area contributed by atoms with Crippen LogP contribution >= 0.6 is 0 Å².